The van der Waals surface area contributed by atoms with E-state index in [-0.39, 0.29) is 5.91 Å². The average Bonchev–Trinajstić information content (AvgIpc) is 2.47. The summed E-state index contributed by atoms with van der Waals surface area (Å²) in [6.07, 6.45) is 0. The van der Waals surface area contributed by atoms with Gasteiger partial charge in [0.2, 0.25) is 0 Å². The van der Waals surface area contributed by atoms with Crippen LogP contribution in [-0.4, -0.2) is 5.91 Å². The molecule has 0 saturated heterocycles. The molecule has 0 aliphatic heterocycles. The van der Waals surface area contributed by atoms with Crippen molar-refractivity contribution in [3.63, 3.8) is 0 Å². The van der Waals surface area contributed by atoms with Gasteiger partial charge in [-0.3, -0.25) is 4.79 Å². The van der Waals surface area contributed by atoms with E-state index in [1.165, 1.54) is 0 Å². The van der Waals surface area contributed by atoms with Crippen LogP contribution in [0.5, 0.6) is 0 Å². The van der Waals surface area contributed by atoms with Gasteiger partial charge in [-0.05, 0) is 43.3 Å². The summed E-state index contributed by atoms with van der Waals surface area (Å²) in [5.74, 6) is -0.191. The first kappa shape index (κ1) is 13.7. The Hall–Kier alpha value is -2.75. The second-order valence-corrected chi connectivity index (χ2v) is 4.32. The third kappa shape index (κ3) is 3.88. The van der Waals surface area contributed by atoms with E-state index in [0.29, 0.717) is 11.3 Å². The summed E-state index contributed by atoms with van der Waals surface area (Å²) in [6.45, 7) is 5.25. The van der Waals surface area contributed by atoms with E-state index in [2.05, 4.69) is 22.1 Å². The van der Waals surface area contributed by atoms with E-state index in [0.717, 1.165) is 11.4 Å². The Balaban J connectivity index is 2.03. The summed E-state index contributed by atoms with van der Waals surface area (Å²) in [5, 5.41) is 11.0. The molecule has 0 fully saturated rings. The van der Waals surface area contributed by atoms with Crippen LogP contribution in [0, 0.1) is 0 Å². The number of hydrogen-bond acceptors (Lipinski definition) is 3. The number of carbonyl (C=O) groups excluding carboxylic acids is 1. The van der Waals surface area contributed by atoms with E-state index in [9.17, 15) is 4.79 Å². The number of anilines is 1. The number of rotatable bonds is 4. The highest BCUT2D eigenvalue weighted by Gasteiger charge is 2.01. The van der Waals surface area contributed by atoms with E-state index in [4.69, 9.17) is 0 Å². The van der Waals surface area contributed by atoms with Gasteiger partial charge in [-0.15, -0.1) is 0 Å². The quantitative estimate of drug-likeness (QED) is 0.636. The molecule has 0 spiro atoms. The first-order chi connectivity index (χ1) is 9.65. The molecule has 20 heavy (non-hydrogen) atoms. The molecule has 4 heteroatoms. The summed E-state index contributed by atoms with van der Waals surface area (Å²) >= 11 is 0. The predicted molar refractivity (Wildman–Crippen MR) is 80.5 cm³/mol. The van der Waals surface area contributed by atoms with Crippen molar-refractivity contribution >= 4 is 23.0 Å². The molecular formula is C16H15N3O. The van der Waals surface area contributed by atoms with Crippen molar-refractivity contribution in [2.24, 2.45) is 10.2 Å². The van der Waals surface area contributed by atoms with Crippen molar-refractivity contribution in [3.05, 3.63) is 66.7 Å². The standard InChI is InChI=1S/C16H15N3O/c1-12(2)16(20)17-13-8-10-15(11-9-13)19-18-14-6-4-3-5-7-14/h3-11H,1H2,2H3,(H,17,20)/b19-18+. The Morgan fingerprint density at radius 1 is 0.950 bits per heavy atom. The van der Waals surface area contributed by atoms with Crippen molar-refractivity contribution < 1.29 is 4.79 Å². The molecule has 0 aliphatic rings. The van der Waals surface area contributed by atoms with Crippen molar-refractivity contribution in [3.8, 4) is 0 Å². The molecule has 0 radical (unpaired) electrons. The second-order valence-electron chi connectivity index (χ2n) is 4.32. The van der Waals surface area contributed by atoms with Crippen LogP contribution >= 0.6 is 0 Å². The van der Waals surface area contributed by atoms with Crippen molar-refractivity contribution in [1.82, 2.24) is 0 Å². The van der Waals surface area contributed by atoms with Gasteiger partial charge in [0, 0.05) is 11.3 Å². The molecule has 2 aromatic carbocycles. The zero-order chi connectivity index (χ0) is 14.4. The van der Waals surface area contributed by atoms with Crippen LogP contribution in [0.3, 0.4) is 0 Å². The first-order valence-corrected chi connectivity index (χ1v) is 6.19. The largest absolute Gasteiger partial charge is 0.322 e. The number of benzene rings is 2. The van der Waals surface area contributed by atoms with Crippen molar-refractivity contribution in [2.45, 2.75) is 6.92 Å². The maximum absolute atomic E-state index is 11.5. The maximum atomic E-state index is 11.5. The van der Waals surface area contributed by atoms with E-state index >= 15 is 0 Å². The Morgan fingerprint density at radius 2 is 1.50 bits per heavy atom. The molecule has 0 aromatic heterocycles. The van der Waals surface area contributed by atoms with Crippen molar-refractivity contribution in [2.75, 3.05) is 5.32 Å². The molecule has 2 rings (SSSR count). The monoisotopic (exact) mass is 265 g/mol. The number of azo groups is 1. The van der Waals surface area contributed by atoms with Crippen LogP contribution in [-0.2, 0) is 4.79 Å². The molecule has 100 valence electrons. The van der Waals surface area contributed by atoms with Crippen LogP contribution in [0.4, 0.5) is 17.1 Å². The highest BCUT2D eigenvalue weighted by atomic mass is 16.1. The molecule has 0 saturated carbocycles. The van der Waals surface area contributed by atoms with Gasteiger partial charge < -0.3 is 5.32 Å². The highest BCUT2D eigenvalue weighted by molar-refractivity contribution is 6.02. The zero-order valence-corrected chi connectivity index (χ0v) is 11.2. The maximum Gasteiger partial charge on any atom is 0.250 e. The summed E-state index contributed by atoms with van der Waals surface area (Å²) in [4.78, 5) is 11.5. The third-order valence-electron chi connectivity index (χ3n) is 2.55. The smallest absolute Gasteiger partial charge is 0.250 e. The minimum atomic E-state index is -0.191. The normalized spacial score (nSPS) is 10.4. The number of hydrogen-bond donors (Lipinski definition) is 1. The molecule has 0 heterocycles. The van der Waals surface area contributed by atoms with Crippen LogP contribution < -0.4 is 5.32 Å². The first-order valence-electron chi connectivity index (χ1n) is 6.19. The van der Waals surface area contributed by atoms with Gasteiger partial charge in [-0.2, -0.15) is 10.2 Å². The van der Waals surface area contributed by atoms with E-state index in [1.807, 2.05) is 30.3 Å². The van der Waals surface area contributed by atoms with Gasteiger partial charge in [0.25, 0.3) is 5.91 Å². The van der Waals surface area contributed by atoms with Gasteiger partial charge in [0.15, 0.2) is 0 Å². The topological polar surface area (TPSA) is 53.8 Å². The Morgan fingerprint density at radius 3 is 2.05 bits per heavy atom. The van der Waals surface area contributed by atoms with Crippen LogP contribution in [0.2, 0.25) is 0 Å². The highest BCUT2D eigenvalue weighted by Crippen LogP contribution is 2.20. The van der Waals surface area contributed by atoms with Gasteiger partial charge >= 0.3 is 0 Å². The lowest BCUT2D eigenvalue weighted by molar-refractivity contribution is -0.112. The molecular weight excluding hydrogens is 250 g/mol. The SMILES string of the molecule is C=C(C)C(=O)Nc1ccc(/N=N/c2ccccc2)cc1. The van der Waals surface area contributed by atoms with Crippen LogP contribution in [0.15, 0.2) is 77.0 Å². The zero-order valence-electron chi connectivity index (χ0n) is 11.2. The fourth-order valence-corrected chi connectivity index (χ4v) is 1.46. The molecule has 0 atom stereocenters. The molecule has 1 amide bonds. The van der Waals surface area contributed by atoms with Crippen molar-refractivity contribution in [1.29, 1.82) is 0 Å². The summed E-state index contributed by atoms with van der Waals surface area (Å²) in [6, 6.07) is 16.6. The average molecular weight is 265 g/mol. The van der Waals surface area contributed by atoms with E-state index in [1.54, 1.807) is 31.2 Å². The minimum Gasteiger partial charge on any atom is -0.322 e. The second kappa shape index (κ2) is 6.43. The number of nitrogens with zero attached hydrogens (tertiary/aromatic N) is 2. The lowest BCUT2D eigenvalue weighted by Gasteiger charge is -2.04. The fraction of sp³-hybridized carbons (Fsp3) is 0.0625. The lowest BCUT2D eigenvalue weighted by Crippen LogP contribution is -2.11. The minimum absolute atomic E-state index is 0.191. The fourth-order valence-electron chi connectivity index (χ4n) is 1.46. The third-order valence-corrected chi connectivity index (χ3v) is 2.55. The lowest BCUT2D eigenvalue weighted by atomic mass is 10.2. The number of carbonyl (C=O) groups is 1. The summed E-state index contributed by atoms with van der Waals surface area (Å²) < 4.78 is 0. The Kier molecular flexibility index (Phi) is 4.39. The molecule has 4 nitrogen and oxygen atoms in total. The molecule has 2 aromatic rings. The molecule has 0 unspecified atom stereocenters. The number of nitrogens with one attached hydrogen (secondary N) is 1. The van der Waals surface area contributed by atoms with Gasteiger partial charge in [-0.25, -0.2) is 0 Å². The Bertz CT molecular complexity index is 631. The molecule has 0 bridgehead atoms. The van der Waals surface area contributed by atoms with Crippen LogP contribution in [0.25, 0.3) is 0 Å². The van der Waals surface area contributed by atoms with Gasteiger partial charge in [0.05, 0.1) is 11.4 Å². The summed E-state index contributed by atoms with van der Waals surface area (Å²) in [7, 11) is 0. The van der Waals surface area contributed by atoms with Gasteiger partial charge in [0.1, 0.15) is 0 Å². The van der Waals surface area contributed by atoms with Crippen LogP contribution in [0.1, 0.15) is 6.92 Å². The molecule has 0 aliphatic carbocycles. The van der Waals surface area contributed by atoms with E-state index < -0.39 is 0 Å². The summed E-state index contributed by atoms with van der Waals surface area (Å²) in [5.41, 5.74) is 2.70. The van der Waals surface area contributed by atoms with Gasteiger partial charge in [-0.1, -0.05) is 24.8 Å². The molecule has 1 N–H and O–H groups in total. The number of amides is 1. The predicted octanol–water partition coefficient (Wildman–Crippen LogP) is 4.62. The Labute approximate surface area is 117 Å².